The Labute approximate surface area is 145 Å². The second-order valence-corrected chi connectivity index (χ2v) is 6.98. The minimum atomic E-state index is -0.181. The lowest BCUT2D eigenvalue weighted by Gasteiger charge is -2.30. The molecule has 0 spiro atoms. The van der Waals surface area contributed by atoms with Crippen molar-refractivity contribution in [2.45, 2.75) is 38.6 Å². The molecule has 1 N–H and O–H groups in total. The summed E-state index contributed by atoms with van der Waals surface area (Å²) in [7, 11) is 2.01. The van der Waals surface area contributed by atoms with Crippen LogP contribution in [0.3, 0.4) is 0 Å². The molecule has 128 valence electrons. The minimum Gasteiger partial charge on any atom is -0.353 e. The van der Waals surface area contributed by atoms with Gasteiger partial charge in [-0.3, -0.25) is 9.59 Å². The van der Waals surface area contributed by atoms with E-state index in [0.717, 1.165) is 37.9 Å². The maximum atomic E-state index is 13.0. The van der Waals surface area contributed by atoms with Crippen molar-refractivity contribution >= 4 is 28.3 Å². The standard InChI is InChI=1S/C17H22N4O2S/c1-12(22)18-17-19-13(11-24-17)16(23)21-10-5-3-4-7-15(21)14-8-6-9-20(14)2/h6,8-9,11,15H,3-5,7,10H2,1-2H3,(H,18,19,22)/t15-/m1/s1. The number of aryl methyl sites for hydroxylation is 1. The number of thiazole rings is 1. The molecule has 2 aromatic heterocycles. The Kier molecular flexibility index (Phi) is 4.99. The number of amides is 2. The van der Waals surface area contributed by atoms with Crippen LogP contribution in [0, 0.1) is 0 Å². The van der Waals surface area contributed by atoms with Gasteiger partial charge in [-0.05, 0) is 25.0 Å². The number of aromatic nitrogens is 2. The summed E-state index contributed by atoms with van der Waals surface area (Å²) in [6.45, 7) is 2.17. The average Bonchev–Trinajstić information content (AvgIpc) is 3.09. The maximum absolute atomic E-state index is 13.0. The van der Waals surface area contributed by atoms with Crippen molar-refractivity contribution in [1.82, 2.24) is 14.5 Å². The molecule has 24 heavy (non-hydrogen) atoms. The molecule has 0 unspecified atom stereocenters. The van der Waals surface area contributed by atoms with Gasteiger partial charge in [-0.1, -0.05) is 12.8 Å². The van der Waals surface area contributed by atoms with Crippen molar-refractivity contribution in [3.8, 4) is 0 Å². The Bertz CT molecular complexity index is 737. The van der Waals surface area contributed by atoms with Crippen LogP contribution in [0.2, 0.25) is 0 Å². The third-order valence-electron chi connectivity index (χ3n) is 4.35. The SMILES string of the molecule is CC(=O)Nc1nc(C(=O)N2CCCCC[C@@H]2c2cccn2C)cs1. The highest BCUT2D eigenvalue weighted by Crippen LogP contribution is 2.31. The number of carbonyl (C=O) groups excluding carboxylic acids is 2. The third kappa shape index (κ3) is 3.51. The fourth-order valence-electron chi connectivity index (χ4n) is 3.21. The molecule has 2 amide bonds. The van der Waals surface area contributed by atoms with Crippen LogP contribution in [0.1, 0.15) is 54.8 Å². The molecule has 1 aliphatic rings. The number of hydrogen-bond donors (Lipinski definition) is 1. The Balaban J connectivity index is 1.86. The zero-order valence-corrected chi connectivity index (χ0v) is 14.8. The lowest BCUT2D eigenvalue weighted by atomic mass is 10.1. The van der Waals surface area contributed by atoms with Gasteiger partial charge in [0.2, 0.25) is 5.91 Å². The molecule has 6 nitrogen and oxygen atoms in total. The van der Waals surface area contributed by atoms with Crippen molar-refractivity contribution in [3.63, 3.8) is 0 Å². The van der Waals surface area contributed by atoms with Gasteiger partial charge in [-0.15, -0.1) is 11.3 Å². The molecule has 0 aliphatic carbocycles. The van der Waals surface area contributed by atoms with E-state index in [9.17, 15) is 9.59 Å². The average molecular weight is 346 g/mol. The van der Waals surface area contributed by atoms with E-state index in [0.29, 0.717) is 10.8 Å². The number of hydrogen-bond acceptors (Lipinski definition) is 4. The molecule has 1 saturated heterocycles. The number of nitrogens with one attached hydrogen (secondary N) is 1. The van der Waals surface area contributed by atoms with Crippen LogP contribution in [0.5, 0.6) is 0 Å². The monoisotopic (exact) mass is 346 g/mol. The fourth-order valence-corrected chi connectivity index (χ4v) is 3.94. The predicted molar refractivity (Wildman–Crippen MR) is 94.1 cm³/mol. The number of carbonyl (C=O) groups is 2. The first-order chi connectivity index (χ1) is 11.6. The van der Waals surface area contributed by atoms with Gasteiger partial charge in [0.15, 0.2) is 5.13 Å². The highest BCUT2D eigenvalue weighted by Gasteiger charge is 2.30. The minimum absolute atomic E-state index is 0.0593. The second-order valence-electron chi connectivity index (χ2n) is 6.13. The van der Waals surface area contributed by atoms with Crippen molar-refractivity contribution in [2.24, 2.45) is 7.05 Å². The van der Waals surface area contributed by atoms with Gasteiger partial charge in [0, 0.05) is 37.8 Å². The fraction of sp³-hybridized carbons (Fsp3) is 0.471. The van der Waals surface area contributed by atoms with E-state index in [2.05, 4.69) is 20.9 Å². The first kappa shape index (κ1) is 16.7. The summed E-state index contributed by atoms with van der Waals surface area (Å²) in [5.41, 5.74) is 1.56. The molecule has 1 aliphatic heterocycles. The summed E-state index contributed by atoms with van der Waals surface area (Å²) in [5, 5.41) is 4.83. The van der Waals surface area contributed by atoms with Gasteiger partial charge in [-0.2, -0.15) is 0 Å². The largest absolute Gasteiger partial charge is 0.353 e. The van der Waals surface area contributed by atoms with Gasteiger partial charge in [0.1, 0.15) is 5.69 Å². The van der Waals surface area contributed by atoms with Crippen molar-refractivity contribution in [1.29, 1.82) is 0 Å². The normalized spacial score (nSPS) is 18.2. The van der Waals surface area contributed by atoms with Gasteiger partial charge < -0.3 is 14.8 Å². The smallest absolute Gasteiger partial charge is 0.273 e. The van der Waals surface area contributed by atoms with Gasteiger partial charge in [0.25, 0.3) is 5.91 Å². The van der Waals surface area contributed by atoms with E-state index >= 15 is 0 Å². The Morgan fingerprint density at radius 3 is 2.88 bits per heavy atom. The summed E-state index contributed by atoms with van der Waals surface area (Å²) in [4.78, 5) is 30.4. The van der Waals surface area contributed by atoms with E-state index in [-0.39, 0.29) is 17.9 Å². The number of rotatable bonds is 3. The lowest BCUT2D eigenvalue weighted by molar-refractivity contribution is -0.114. The molecular weight excluding hydrogens is 324 g/mol. The second kappa shape index (κ2) is 7.17. The first-order valence-electron chi connectivity index (χ1n) is 8.21. The highest BCUT2D eigenvalue weighted by molar-refractivity contribution is 7.14. The van der Waals surface area contributed by atoms with Gasteiger partial charge in [0.05, 0.1) is 6.04 Å². The molecule has 3 rings (SSSR count). The molecule has 1 fully saturated rings. The Morgan fingerprint density at radius 1 is 1.33 bits per heavy atom. The highest BCUT2D eigenvalue weighted by atomic mass is 32.1. The van der Waals surface area contributed by atoms with Crippen LogP contribution in [-0.2, 0) is 11.8 Å². The molecule has 0 saturated carbocycles. The van der Waals surface area contributed by atoms with Gasteiger partial charge >= 0.3 is 0 Å². The van der Waals surface area contributed by atoms with Crippen molar-refractivity contribution in [3.05, 3.63) is 35.1 Å². The topological polar surface area (TPSA) is 67.2 Å². The van der Waals surface area contributed by atoms with Crippen LogP contribution in [0.25, 0.3) is 0 Å². The van der Waals surface area contributed by atoms with E-state index in [1.54, 1.807) is 5.38 Å². The summed E-state index contributed by atoms with van der Waals surface area (Å²) < 4.78 is 2.08. The van der Waals surface area contributed by atoms with Crippen LogP contribution >= 0.6 is 11.3 Å². The van der Waals surface area contributed by atoms with E-state index in [1.807, 2.05) is 24.2 Å². The van der Waals surface area contributed by atoms with Crippen LogP contribution in [-0.4, -0.2) is 32.8 Å². The Morgan fingerprint density at radius 2 is 2.17 bits per heavy atom. The first-order valence-corrected chi connectivity index (χ1v) is 9.09. The van der Waals surface area contributed by atoms with Crippen LogP contribution < -0.4 is 5.32 Å². The number of anilines is 1. The maximum Gasteiger partial charge on any atom is 0.273 e. The summed E-state index contributed by atoms with van der Waals surface area (Å²) in [5.74, 6) is -0.240. The van der Waals surface area contributed by atoms with Gasteiger partial charge in [-0.25, -0.2) is 4.98 Å². The van der Waals surface area contributed by atoms with Crippen LogP contribution in [0.15, 0.2) is 23.7 Å². The Hall–Kier alpha value is -2.15. The van der Waals surface area contributed by atoms with Crippen molar-refractivity contribution < 1.29 is 9.59 Å². The third-order valence-corrected chi connectivity index (χ3v) is 5.10. The number of likely N-dealkylation sites (tertiary alicyclic amines) is 1. The molecule has 7 heteroatoms. The van der Waals surface area contributed by atoms with E-state index in [4.69, 9.17) is 0 Å². The molecule has 0 radical (unpaired) electrons. The predicted octanol–water partition coefficient (Wildman–Crippen LogP) is 3.20. The molecule has 3 heterocycles. The molecular formula is C17H22N4O2S. The number of nitrogens with zero attached hydrogens (tertiary/aromatic N) is 3. The molecule has 0 bridgehead atoms. The molecule has 2 aromatic rings. The zero-order valence-electron chi connectivity index (χ0n) is 14.0. The lowest BCUT2D eigenvalue weighted by Crippen LogP contribution is -2.35. The van der Waals surface area contributed by atoms with Crippen LogP contribution in [0.4, 0.5) is 5.13 Å². The molecule has 1 atom stereocenters. The van der Waals surface area contributed by atoms with E-state index < -0.39 is 0 Å². The quantitative estimate of drug-likeness (QED) is 0.928. The summed E-state index contributed by atoms with van der Waals surface area (Å²) >= 11 is 1.28. The summed E-state index contributed by atoms with van der Waals surface area (Å²) in [6, 6.07) is 4.17. The van der Waals surface area contributed by atoms with Crippen molar-refractivity contribution in [2.75, 3.05) is 11.9 Å². The molecule has 0 aromatic carbocycles. The zero-order chi connectivity index (χ0) is 17.1. The summed E-state index contributed by atoms with van der Waals surface area (Å²) in [6.07, 6.45) is 6.25. The van der Waals surface area contributed by atoms with E-state index in [1.165, 1.54) is 18.3 Å².